The normalized spacial score (nSPS) is 10.5. The van der Waals surface area contributed by atoms with Crippen LogP contribution in [0.2, 0.25) is 0 Å². The molecule has 2 aromatic rings. The van der Waals surface area contributed by atoms with Gasteiger partial charge in [-0.2, -0.15) is 0 Å². The molecule has 0 aliphatic carbocycles. The Morgan fingerprint density at radius 1 is 1.37 bits per heavy atom. The molecule has 1 aromatic carbocycles. The van der Waals surface area contributed by atoms with Gasteiger partial charge >= 0.3 is 0 Å². The van der Waals surface area contributed by atoms with Crippen molar-refractivity contribution < 1.29 is 9.53 Å². The van der Waals surface area contributed by atoms with Crippen LogP contribution >= 0.6 is 31.9 Å². The van der Waals surface area contributed by atoms with E-state index in [1.54, 1.807) is 24.7 Å². The van der Waals surface area contributed by atoms with Crippen LogP contribution in [-0.2, 0) is 13.2 Å². The van der Waals surface area contributed by atoms with Crippen LogP contribution in [-0.4, -0.2) is 15.8 Å². The van der Waals surface area contributed by atoms with E-state index < -0.39 is 0 Å². The smallest absolute Gasteiger partial charge is 0.150 e. The highest BCUT2D eigenvalue weighted by molar-refractivity contribution is 9.11. The van der Waals surface area contributed by atoms with Gasteiger partial charge in [0.2, 0.25) is 0 Å². The summed E-state index contributed by atoms with van der Waals surface area (Å²) in [7, 11) is 0. The molecule has 0 radical (unpaired) electrons. The molecule has 4 nitrogen and oxygen atoms in total. The van der Waals surface area contributed by atoms with Crippen molar-refractivity contribution in [2.75, 3.05) is 0 Å². The Morgan fingerprint density at radius 2 is 2.05 bits per heavy atom. The van der Waals surface area contributed by atoms with E-state index in [0.29, 0.717) is 17.9 Å². The largest absolute Gasteiger partial charge is 0.485 e. The van der Waals surface area contributed by atoms with E-state index in [-0.39, 0.29) is 0 Å². The lowest BCUT2D eigenvalue weighted by molar-refractivity contribution is 0.112. The number of aromatic nitrogens is 2. The van der Waals surface area contributed by atoms with Crippen molar-refractivity contribution in [2.45, 2.75) is 20.1 Å². The Morgan fingerprint density at radius 3 is 2.63 bits per heavy atom. The van der Waals surface area contributed by atoms with E-state index in [2.05, 4.69) is 43.8 Å². The molecule has 0 unspecified atom stereocenters. The number of aldehydes is 1. The van der Waals surface area contributed by atoms with Crippen LogP contribution in [0.3, 0.4) is 0 Å². The average Bonchev–Trinajstić information content (AvgIpc) is 2.85. The molecule has 19 heavy (non-hydrogen) atoms. The fraction of sp³-hybridized carbons (Fsp3) is 0.231. The SMILES string of the molecule is CCn1cncc1COc1c(Br)cc(C=O)cc1Br. The second kappa shape index (κ2) is 6.34. The molecule has 100 valence electrons. The second-order valence-electron chi connectivity index (χ2n) is 3.89. The predicted octanol–water partition coefficient (Wildman–Crippen LogP) is 3.82. The lowest BCUT2D eigenvalue weighted by Gasteiger charge is -2.11. The maximum Gasteiger partial charge on any atom is 0.150 e. The Hall–Kier alpha value is -1.14. The maximum atomic E-state index is 10.8. The van der Waals surface area contributed by atoms with Gasteiger partial charge in [-0.1, -0.05) is 0 Å². The van der Waals surface area contributed by atoms with Gasteiger partial charge in [-0.15, -0.1) is 0 Å². The number of carbonyl (C=O) groups is 1. The third-order valence-corrected chi connectivity index (χ3v) is 3.84. The first kappa shape index (κ1) is 14.3. The highest BCUT2D eigenvalue weighted by Crippen LogP contribution is 2.34. The zero-order valence-electron chi connectivity index (χ0n) is 10.3. The lowest BCUT2D eigenvalue weighted by atomic mass is 10.2. The van der Waals surface area contributed by atoms with Gasteiger partial charge in [0, 0.05) is 12.1 Å². The number of ether oxygens (including phenoxy) is 1. The minimum Gasteiger partial charge on any atom is -0.485 e. The summed E-state index contributed by atoms with van der Waals surface area (Å²) in [6, 6.07) is 3.45. The molecular weight excluding hydrogens is 376 g/mol. The minimum atomic E-state index is 0.422. The quantitative estimate of drug-likeness (QED) is 0.732. The molecule has 1 heterocycles. The van der Waals surface area contributed by atoms with Crippen molar-refractivity contribution in [1.29, 1.82) is 0 Å². The van der Waals surface area contributed by atoms with Crippen molar-refractivity contribution in [3.63, 3.8) is 0 Å². The molecule has 0 atom stereocenters. The summed E-state index contributed by atoms with van der Waals surface area (Å²) in [4.78, 5) is 14.8. The van der Waals surface area contributed by atoms with Crippen LogP contribution < -0.4 is 4.74 Å². The summed E-state index contributed by atoms with van der Waals surface area (Å²) < 4.78 is 9.28. The van der Waals surface area contributed by atoms with Crippen molar-refractivity contribution in [2.24, 2.45) is 0 Å². The molecule has 0 N–H and O–H groups in total. The number of carbonyl (C=O) groups excluding carboxylic acids is 1. The first-order chi connectivity index (χ1) is 9.15. The number of halogens is 2. The Labute approximate surface area is 128 Å². The first-order valence-electron chi connectivity index (χ1n) is 5.71. The number of hydrogen-bond acceptors (Lipinski definition) is 3. The molecule has 6 heteroatoms. The van der Waals surface area contributed by atoms with E-state index in [1.165, 1.54) is 0 Å². The summed E-state index contributed by atoms with van der Waals surface area (Å²) in [5.41, 5.74) is 1.59. The fourth-order valence-electron chi connectivity index (χ4n) is 1.68. The third kappa shape index (κ3) is 3.25. The number of nitrogens with zero attached hydrogens (tertiary/aromatic N) is 2. The van der Waals surface area contributed by atoms with Gasteiger partial charge in [0.05, 0.1) is 27.2 Å². The number of rotatable bonds is 5. The summed E-state index contributed by atoms with van der Waals surface area (Å²) in [5, 5.41) is 0. The van der Waals surface area contributed by atoms with Crippen molar-refractivity contribution in [3.05, 3.63) is 44.9 Å². The third-order valence-electron chi connectivity index (χ3n) is 2.66. The van der Waals surface area contributed by atoms with Crippen molar-refractivity contribution in [1.82, 2.24) is 9.55 Å². The molecule has 0 aliphatic rings. The summed E-state index contributed by atoms with van der Waals surface area (Å²) in [6.07, 6.45) is 4.36. The van der Waals surface area contributed by atoms with Crippen LogP contribution in [0.15, 0.2) is 33.6 Å². The predicted molar refractivity (Wildman–Crippen MR) is 79.5 cm³/mol. The molecule has 0 aliphatic heterocycles. The molecule has 0 bridgehead atoms. The highest BCUT2D eigenvalue weighted by atomic mass is 79.9. The van der Waals surface area contributed by atoms with Gasteiger partial charge in [0.1, 0.15) is 18.6 Å². The number of aryl methyl sites for hydroxylation is 1. The molecule has 1 aromatic heterocycles. The lowest BCUT2D eigenvalue weighted by Crippen LogP contribution is -2.04. The van der Waals surface area contributed by atoms with E-state index in [4.69, 9.17) is 4.74 Å². The number of imidazole rings is 1. The summed E-state index contributed by atoms with van der Waals surface area (Å²) >= 11 is 6.80. The molecule has 0 spiro atoms. The fourth-order valence-corrected chi connectivity index (χ4v) is 3.14. The maximum absolute atomic E-state index is 10.8. The summed E-state index contributed by atoms with van der Waals surface area (Å²) in [6.45, 7) is 3.33. The van der Waals surface area contributed by atoms with Gasteiger partial charge in [-0.05, 0) is 50.9 Å². The van der Waals surface area contributed by atoms with E-state index in [1.807, 2.05) is 4.57 Å². The van der Waals surface area contributed by atoms with E-state index >= 15 is 0 Å². The molecule has 0 fully saturated rings. The van der Waals surface area contributed by atoms with E-state index in [9.17, 15) is 4.79 Å². The Balaban J connectivity index is 2.18. The first-order valence-corrected chi connectivity index (χ1v) is 7.30. The molecule has 0 saturated carbocycles. The Bertz CT molecular complexity index is 573. The second-order valence-corrected chi connectivity index (χ2v) is 5.60. The van der Waals surface area contributed by atoms with Gasteiger partial charge in [-0.3, -0.25) is 4.79 Å². The number of hydrogen-bond donors (Lipinski definition) is 0. The van der Waals surface area contributed by atoms with Gasteiger partial charge < -0.3 is 9.30 Å². The van der Waals surface area contributed by atoms with Gasteiger partial charge in [0.25, 0.3) is 0 Å². The highest BCUT2D eigenvalue weighted by Gasteiger charge is 2.10. The van der Waals surface area contributed by atoms with Gasteiger partial charge in [-0.25, -0.2) is 4.98 Å². The topological polar surface area (TPSA) is 44.1 Å². The van der Waals surface area contributed by atoms with Crippen LogP contribution in [0.5, 0.6) is 5.75 Å². The number of benzene rings is 1. The Kier molecular flexibility index (Phi) is 4.76. The average molecular weight is 388 g/mol. The molecular formula is C13H12Br2N2O2. The zero-order valence-corrected chi connectivity index (χ0v) is 13.4. The van der Waals surface area contributed by atoms with Crippen LogP contribution in [0.4, 0.5) is 0 Å². The van der Waals surface area contributed by atoms with Crippen LogP contribution in [0, 0.1) is 0 Å². The molecule has 0 saturated heterocycles. The van der Waals surface area contributed by atoms with Gasteiger partial charge in [0.15, 0.2) is 0 Å². The summed E-state index contributed by atoms with van der Waals surface area (Å²) in [5.74, 6) is 0.675. The standard InChI is InChI=1S/C13H12Br2N2O2/c1-2-17-8-16-5-10(17)7-19-13-11(14)3-9(6-18)4-12(13)15/h3-6,8H,2,7H2,1H3. The van der Waals surface area contributed by atoms with E-state index in [0.717, 1.165) is 27.5 Å². The van der Waals surface area contributed by atoms with Crippen molar-refractivity contribution >= 4 is 38.1 Å². The molecule has 0 amide bonds. The minimum absolute atomic E-state index is 0.422. The molecule has 2 rings (SSSR count). The monoisotopic (exact) mass is 386 g/mol. The van der Waals surface area contributed by atoms with Crippen LogP contribution in [0.25, 0.3) is 0 Å². The van der Waals surface area contributed by atoms with Crippen LogP contribution in [0.1, 0.15) is 23.0 Å². The zero-order chi connectivity index (χ0) is 13.8. The van der Waals surface area contributed by atoms with Crippen molar-refractivity contribution in [3.8, 4) is 5.75 Å².